The normalized spacial score (nSPS) is 19.0. The number of rotatable bonds is 12. The van der Waals surface area contributed by atoms with Gasteiger partial charge >= 0.3 is 0 Å². The van der Waals surface area contributed by atoms with Crippen LogP contribution in [-0.2, 0) is 5.41 Å². The Morgan fingerprint density at radius 3 is 1.72 bits per heavy atom. The molecule has 2 saturated carbocycles. The zero-order valence-electron chi connectivity index (χ0n) is 47.3. The monoisotopic (exact) mass is 1050 g/mol. The number of piperidine rings is 2. The molecule has 0 aromatic heterocycles. The van der Waals surface area contributed by atoms with Gasteiger partial charge in [0, 0.05) is 62.9 Å². The largest absolute Gasteiger partial charge is 0.365 e. The topological polar surface area (TPSA) is 9.72 Å². The van der Waals surface area contributed by atoms with Crippen molar-refractivity contribution in [3.63, 3.8) is 0 Å². The van der Waals surface area contributed by atoms with Crippen molar-refractivity contribution in [1.82, 2.24) is 0 Å². The first kappa shape index (κ1) is 50.6. The maximum Gasteiger partial charge on any atom is 0.252 e. The van der Waals surface area contributed by atoms with Crippen molar-refractivity contribution in [2.24, 2.45) is 11.8 Å². The van der Waals surface area contributed by atoms with Gasteiger partial charge in [0.2, 0.25) is 0 Å². The number of hydrogen-bond donors (Lipinski definition) is 0. The molecule has 6 aliphatic rings. The lowest BCUT2D eigenvalue weighted by molar-refractivity contribution is 0.0900. The fraction of sp³-hybridized carbons (Fsp3) is 0.195. The van der Waals surface area contributed by atoms with Crippen LogP contribution in [-0.4, -0.2) is 18.8 Å². The Hall–Kier alpha value is -8.60. The Bertz CT molecular complexity index is 3840. The first-order chi connectivity index (χ1) is 39.7. The van der Waals surface area contributed by atoms with E-state index in [0.717, 1.165) is 24.0 Å². The van der Waals surface area contributed by atoms with E-state index in [1.165, 1.54) is 144 Å². The molecule has 0 radical (unpaired) electrons. The van der Waals surface area contributed by atoms with Gasteiger partial charge in [-0.3, -0.25) is 0 Å². The second kappa shape index (κ2) is 20.8. The summed E-state index contributed by atoms with van der Waals surface area (Å²) in [6, 6.07) is 81.9. The smallest absolute Gasteiger partial charge is 0.252 e. The molecular weight excluding hydrogens is 978 g/mol. The van der Waals surface area contributed by atoms with E-state index in [2.05, 4.69) is 280 Å². The third-order valence-corrected chi connectivity index (χ3v) is 18.5. The first-order valence-electron chi connectivity index (χ1n) is 29.6. The number of para-hydroxylation sites is 1. The molecule has 4 bridgehead atoms. The fourth-order valence-electron chi connectivity index (χ4n) is 14.9. The molecule has 0 spiro atoms. The standard InChI is InChI=1S/C77H70BN3/c1-6-7-8-9-22-32-66(57-26-16-11-17-27-57)52(2)79-71-42-37-60(55-24-14-10-15-25-55)48-70(71)78-69-41-40-63(80-64-44-53-43-54(46-64)47-65(80)45-53)51-72(69)81(74-50-61(49-73(79)75(74)78)56-35-38-62(39-36-56)77(3,4)5)76-67(58-28-18-12-19-29-58)33-23-34-68(76)59-30-20-13-21-31-59/h6-8,10-42,48-51,53-54,64-65H,1,9,43-47H2,2-5H3/b8-7?,32-22-,66-52-. The van der Waals surface area contributed by atoms with E-state index >= 15 is 0 Å². The average Bonchev–Trinajstić information content (AvgIpc) is 3.65. The van der Waals surface area contributed by atoms with E-state index in [-0.39, 0.29) is 12.1 Å². The van der Waals surface area contributed by atoms with E-state index in [1.807, 2.05) is 12.2 Å². The lowest BCUT2D eigenvalue weighted by atomic mass is 9.33. The van der Waals surface area contributed by atoms with Crippen molar-refractivity contribution in [2.75, 3.05) is 14.7 Å². The maximum atomic E-state index is 3.96. The van der Waals surface area contributed by atoms with Crippen molar-refractivity contribution in [2.45, 2.75) is 83.7 Å². The number of nitrogens with zero attached hydrogens (tertiary/aromatic N) is 3. The second-order valence-electron chi connectivity index (χ2n) is 24.5. The van der Waals surface area contributed by atoms with Crippen LogP contribution in [0.5, 0.6) is 0 Å². The van der Waals surface area contributed by atoms with Crippen molar-refractivity contribution in [3.05, 3.63) is 266 Å². The Kier molecular flexibility index (Phi) is 13.0. The van der Waals surface area contributed by atoms with Gasteiger partial charge in [-0.15, -0.1) is 0 Å². The third kappa shape index (κ3) is 9.10. The first-order valence-corrected chi connectivity index (χ1v) is 29.6. The van der Waals surface area contributed by atoms with E-state index in [1.54, 1.807) is 0 Å². The number of hydrogen-bond acceptors (Lipinski definition) is 3. The van der Waals surface area contributed by atoms with Crippen LogP contribution in [0.4, 0.5) is 34.1 Å². The van der Waals surface area contributed by atoms with Gasteiger partial charge < -0.3 is 14.7 Å². The average molecular weight is 1050 g/mol. The summed E-state index contributed by atoms with van der Waals surface area (Å²) in [5, 5.41) is 0. The highest BCUT2D eigenvalue weighted by Crippen LogP contribution is 2.54. The summed E-state index contributed by atoms with van der Waals surface area (Å²) >= 11 is 0. The molecule has 396 valence electrons. The predicted molar refractivity (Wildman–Crippen MR) is 347 cm³/mol. The summed E-state index contributed by atoms with van der Waals surface area (Å²) < 4.78 is 0. The minimum absolute atomic E-state index is 0.0118. The van der Waals surface area contributed by atoms with Crippen LogP contribution in [0.25, 0.3) is 50.1 Å². The van der Waals surface area contributed by atoms with Crippen LogP contribution in [0.2, 0.25) is 0 Å². The molecule has 9 aromatic carbocycles. The molecule has 4 fully saturated rings. The number of allylic oxidation sites excluding steroid dienone is 7. The summed E-state index contributed by atoms with van der Waals surface area (Å²) in [5.41, 5.74) is 25.8. The highest BCUT2D eigenvalue weighted by atomic mass is 15.2. The van der Waals surface area contributed by atoms with Gasteiger partial charge in [0.05, 0.1) is 5.69 Å². The number of benzene rings is 9. The van der Waals surface area contributed by atoms with Crippen molar-refractivity contribution >= 4 is 62.8 Å². The van der Waals surface area contributed by atoms with Gasteiger partial charge in [0.25, 0.3) is 6.71 Å². The lowest BCUT2D eigenvalue weighted by Gasteiger charge is -2.57. The molecule has 3 nitrogen and oxygen atoms in total. The summed E-state index contributed by atoms with van der Waals surface area (Å²) in [6.45, 7) is 13.1. The van der Waals surface area contributed by atoms with E-state index < -0.39 is 0 Å². The fourth-order valence-corrected chi connectivity index (χ4v) is 14.9. The lowest BCUT2D eigenvalue weighted by Crippen LogP contribution is -2.62. The van der Waals surface area contributed by atoms with Crippen molar-refractivity contribution < 1.29 is 0 Å². The van der Waals surface area contributed by atoms with Gasteiger partial charge in [-0.1, -0.05) is 240 Å². The van der Waals surface area contributed by atoms with Gasteiger partial charge in [-0.2, -0.15) is 0 Å². The van der Waals surface area contributed by atoms with E-state index in [4.69, 9.17) is 0 Å². The number of anilines is 6. The Morgan fingerprint density at radius 1 is 0.519 bits per heavy atom. The summed E-state index contributed by atoms with van der Waals surface area (Å²) in [5.74, 6) is 1.71. The van der Waals surface area contributed by atoms with Crippen molar-refractivity contribution in [1.29, 1.82) is 0 Å². The maximum absolute atomic E-state index is 3.96. The summed E-state index contributed by atoms with van der Waals surface area (Å²) in [4.78, 5) is 8.25. The molecule has 0 unspecified atom stereocenters. The Balaban J connectivity index is 1.11. The number of fused-ring (bicyclic) bond motifs is 4. The zero-order valence-corrected chi connectivity index (χ0v) is 47.3. The van der Waals surface area contributed by atoms with Gasteiger partial charge in [-0.05, 0) is 154 Å². The second-order valence-corrected chi connectivity index (χ2v) is 24.5. The molecule has 4 heteroatoms. The molecule has 81 heavy (non-hydrogen) atoms. The van der Waals surface area contributed by atoms with Gasteiger partial charge in [0.1, 0.15) is 0 Å². The highest BCUT2D eigenvalue weighted by molar-refractivity contribution is 7.00. The summed E-state index contributed by atoms with van der Waals surface area (Å²) in [6.07, 6.45) is 18.1. The van der Waals surface area contributed by atoms with Crippen LogP contribution in [0.15, 0.2) is 255 Å². The molecule has 4 heterocycles. The van der Waals surface area contributed by atoms with Crippen LogP contribution in [0, 0.1) is 11.8 Å². The van der Waals surface area contributed by atoms with Gasteiger partial charge in [0.15, 0.2) is 0 Å². The van der Waals surface area contributed by atoms with Crippen LogP contribution >= 0.6 is 0 Å². The Labute approximate surface area is 481 Å². The molecule has 2 aliphatic carbocycles. The molecule has 0 amide bonds. The zero-order chi connectivity index (χ0) is 54.8. The van der Waals surface area contributed by atoms with E-state index in [9.17, 15) is 0 Å². The SMILES string of the molecule is C=CC=CC/C=C\C(=C(/C)N1c2ccc(-c3ccccc3)cc2B2c3ccc(N4C5CC6CC(C5)CC4C6)cc3N(c3c(-c4ccccc4)cccc3-c3ccccc3)c3cc(-c4ccc(C(C)(C)C)cc4)cc1c32)c1ccccc1. The minimum atomic E-state index is -0.0901. The molecular formula is C77H70BN3. The minimum Gasteiger partial charge on any atom is -0.365 e. The van der Waals surface area contributed by atoms with Crippen LogP contribution in [0.1, 0.15) is 77.3 Å². The van der Waals surface area contributed by atoms with Gasteiger partial charge in [-0.25, -0.2) is 0 Å². The third-order valence-electron chi connectivity index (χ3n) is 18.5. The highest BCUT2D eigenvalue weighted by Gasteiger charge is 2.49. The van der Waals surface area contributed by atoms with Crippen LogP contribution < -0.4 is 31.1 Å². The van der Waals surface area contributed by atoms with Crippen LogP contribution in [0.3, 0.4) is 0 Å². The predicted octanol–water partition coefficient (Wildman–Crippen LogP) is 18.3. The molecule has 4 aliphatic heterocycles. The quantitative estimate of drug-likeness (QED) is 0.0892. The molecule has 9 aromatic rings. The van der Waals surface area contributed by atoms with E-state index in [0.29, 0.717) is 12.1 Å². The Morgan fingerprint density at radius 2 is 1.10 bits per heavy atom. The molecule has 15 rings (SSSR count). The molecule has 2 saturated heterocycles. The summed E-state index contributed by atoms with van der Waals surface area (Å²) in [7, 11) is 0. The molecule has 0 N–H and O–H groups in total. The van der Waals surface area contributed by atoms with Crippen molar-refractivity contribution in [3.8, 4) is 44.5 Å². The molecule has 0 atom stereocenters.